The highest BCUT2D eigenvalue weighted by atomic mass is 32.2. The third-order valence-corrected chi connectivity index (χ3v) is 9.98. The molecule has 4 rings (SSSR count). The van der Waals surface area contributed by atoms with Crippen molar-refractivity contribution in [2.24, 2.45) is 5.92 Å². The molecule has 178 valence electrons. The van der Waals surface area contributed by atoms with Crippen LogP contribution in [0.3, 0.4) is 0 Å². The minimum Gasteiger partial charge on any atom is -0.376 e. The molecule has 3 fully saturated rings. The summed E-state index contributed by atoms with van der Waals surface area (Å²) in [4.78, 5) is 27.1. The number of carbonyl (C=O) groups is 2. The van der Waals surface area contributed by atoms with E-state index in [1.54, 1.807) is 5.38 Å². The average molecular weight is 484 g/mol. The van der Waals surface area contributed by atoms with Crippen LogP contribution >= 0.6 is 11.3 Å². The van der Waals surface area contributed by atoms with Gasteiger partial charge in [0.05, 0.1) is 11.7 Å². The third kappa shape index (κ3) is 5.52. The Morgan fingerprint density at radius 2 is 1.75 bits per heavy atom. The van der Waals surface area contributed by atoms with E-state index in [2.05, 4.69) is 5.32 Å². The van der Waals surface area contributed by atoms with Crippen LogP contribution in [0.25, 0.3) is 0 Å². The summed E-state index contributed by atoms with van der Waals surface area (Å²) >= 11 is 1.11. The monoisotopic (exact) mass is 483 g/mol. The summed E-state index contributed by atoms with van der Waals surface area (Å²) in [6, 6.07) is 1.52. The van der Waals surface area contributed by atoms with Gasteiger partial charge >= 0.3 is 0 Å². The predicted molar refractivity (Wildman–Crippen MR) is 122 cm³/mol. The van der Waals surface area contributed by atoms with Crippen LogP contribution in [-0.2, 0) is 19.6 Å². The Balaban J connectivity index is 1.31. The molecule has 8 nitrogen and oxygen atoms in total. The number of piperidine rings is 1. The Morgan fingerprint density at radius 1 is 1.03 bits per heavy atom. The van der Waals surface area contributed by atoms with Gasteiger partial charge in [-0.15, -0.1) is 11.3 Å². The van der Waals surface area contributed by atoms with Gasteiger partial charge in [-0.2, -0.15) is 4.31 Å². The number of amides is 2. The number of sulfonamides is 1. The van der Waals surface area contributed by atoms with E-state index in [9.17, 15) is 18.0 Å². The Bertz CT molecular complexity index is 894. The molecule has 1 aromatic rings. The number of nitrogens with zero attached hydrogens (tertiary/aromatic N) is 2. The first-order chi connectivity index (χ1) is 15.4. The van der Waals surface area contributed by atoms with Crippen molar-refractivity contribution in [2.45, 2.75) is 61.7 Å². The van der Waals surface area contributed by atoms with Gasteiger partial charge in [-0.25, -0.2) is 8.42 Å². The molecule has 0 aliphatic carbocycles. The van der Waals surface area contributed by atoms with E-state index in [0.717, 1.165) is 69.6 Å². The number of nitrogens with one attached hydrogen (secondary N) is 1. The summed E-state index contributed by atoms with van der Waals surface area (Å²) in [6.45, 7) is 3.38. The molecule has 3 aliphatic rings. The zero-order valence-corrected chi connectivity index (χ0v) is 20.1. The number of ether oxygens (including phenoxy) is 1. The third-order valence-electron chi connectivity index (χ3n) is 6.66. The first kappa shape index (κ1) is 23.7. The number of hydrogen-bond donors (Lipinski definition) is 1. The molecular formula is C22H33N3O5S2. The molecule has 4 heterocycles. The fourth-order valence-electron chi connectivity index (χ4n) is 4.67. The molecule has 1 N–H and O–H groups in total. The highest BCUT2D eigenvalue weighted by Crippen LogP contribution is 2.29. The van der Waals surface area contributed by atoms with Crippen molar-refractivity contribution in [2.75, 3.05) is 39.3 Å². The van der Waals surface area contributed by atoms with Crippen LogP contribution in [0, 0.1) is 5.92 Å². The van der Waals surface area contributed by atoms with Crippen molar-refractivity contribution in [3.63, 3.8) is 0 Å². The number of thiophene rings is 1. The summed E-state index contributed by atoms with van der Waals surface area (Å²) in [5.41, 5.74) is 0.457. The summed E-state index contributed by atoms with van der Waals surface area (Å²) in [7, 11) is -3.66. The van der Waals surface area contributed by atoms with Crippen molar-refractivity contribution in [1.82, 2.24) is 14.5 Å². The summed E-state index contributed by atoms with van der Waals surface area (Å²) in [6.07, 6.45) is 7.37. The van der Waals surface area contributed by atoms with E-state index < -0.39 is 10.0 Å². The van der Waals surface area contributed by atoms with Crippen molar-refractivity contribution < 1.29 is 22.7 Å². The number of hydrogen-bond acceptors (Lipinski definition) is 6. The highest BCUT2D eigenvalue weighted by Gasteiger charge is 2.34. The lowest BCUT2D eigenvalue weighted by Crippen LogP contribution is -2.44. The van der Waals surface area contributed by atoms with E-state index in [4.69, 9.17) is 4.74 Å². The van der Waals surface area contributed by atoms with Crippen LogP contribution in [0.5, 0.6) is 0 Å². The Morgan fingerprint density at radius 3 is 2.41 bits per heavy atom. The molecule has 3 saturated heterocycles. The standard InChI is InChI=1S/C22H33N3O5S2/c26-21(23-15-19-6-5-13-30-19)17-7-11-25(12-8-17)32(28,29)20-14-18(16-31-20)22(27)24-9-3-1-2-4-10-24/h14,16-17,19H,1-13,15H2,(H,23,26). The largest absolute Gasteiger partial charge is 0.376 e. The van der Waals surface area contributed by atoms with Crippen LogP contribution in [0.4, 0.5) is 0 Å². The molecule has 10 heteroatoms. The maximum absolute atomic E-state index is 13.1. The maximum Gasteiger partial charge on any atom is 0.254 e. The lowest BCUT2D eigenvalue weighted by molar-refractivity contribution is -0.126. The molecule has 1 unspecified atom stereocenters. The molecule has 0 saturated carbocycles. The summed E-state index contributed by atoms with van der Waals surface area (Å²) in [5.74, 6) is -0.267. The average Bonchev–Trinajstić information content (AvgIpc) is 3.44. The maximum atomic E-state index is 13.1. The zero-order valence-electron chi connectivity index (χ0n) is 18.5. The molecule has 0 bridgehead atoms. The van der Waals surface area contributed by atoms with Gasteiger partial charge in [0.15, 0.2) is 0 Å². The van der Waals surface area contributed by atoms with Crippen molar-refractivity contribution >= 4 is 33.2 Å². The molecule has 1 atom stereocenters. The van der Waals surface area contributed by atoms with E-state index in [1.807, 2.05) is 4.90 Å². The predicted octanol–water partition coefficient (Wildman–Crippen LogP) is 2.46. The van der Waals surface area contributed by atoms with Crippen molar-refractivity contribution in [3.05, 3.63) is 17.0 Å². The summed E-state index contributed by atoms with van der Waals surface area (Å²) < 4.78 is 33.4. The molecule has 3 aliphatic heterocycles. The van der Waals surface area contributed by atoms with Gasteiger partial charge in [-0.05, 0) is 44.6 Å². The van der Waals surface area contributed by atoms with Gasteiger partial charge < -0.3 is 15.0 Å². The molecule has 0 radical (unpaired) electrons. The van der Waals surface area contributed by atoms with Crippen molar-refractivity contribution in [3.8, 4) is 0 Å². The minimum atomic E-state index is -3.66. The van der Waals surface area contributed by atoms with Crippen LogP contribution in [0.1, 0.15) is 61.7 Å². The number of carbonyl (C=O) groups excluding carboxylic acids is 2. The second-order valence-corrected chi connectivity index (χ2v) is 12.0. The molecule has 0 aromatic carbocycles. The molecule has 0 spiro atoms. The normalized spacial score (nSPS) is 23.8. The summed E-state index contributed by atoms with van der Waals surface area (Å²) in [5, 5.41) is 4.62. The van der Waals surface area contributed by atoms with Gasteiger partial charge in [0, 0.05) is 50.6 Å². The molecule has 1 aromatic heterocycles. The van der Waals surface area contributed by atoms with Crippen LogP contribution in [0.2, 0.25) is 0 Å². The van der Waals surface area contributed by atoms with Gasteiger partial charge in [0.25, 0.3) is 15.9 Å². The topological polar surface area (TPSA) is 96.0 Å². The Hall–Kier alpha value is -1.49. The molecule has 2 amide bonds. The first-order valence-electron chi connectivity index (χ1n) is 11.7. The van der Waals surface area contributed by atoms with E-state index >= 15 is 0 Å². The van der Waals surface area contributed by atoms with Crippen molar-refractivity contribution in [1.29, 1.82) is 0 Å². The Kier molecular flexibility index (Phi) is 7.86. The lowest BCUT2D eigenvalue weighted by atomic mass is 9.97. The van der Waals surface area contributed by atoms with Crippen LogP contribution < -0.4 is 5.32 Å². The fourth-order valence-corrected chi connectivity index (χ4v) is 7.45. The van der Waals surface area contributed by atoms with Gasteiger partial charge in [-0.3, -0.25) is 9.59 Å². The van der Waals surface area contributed by atoms with E-state index in [0.29, 0.717) is 38.0 Å². The lowest BCUT2D eigenvalue weighted by Gasteiger charge is -2.30. The molecular weight excluding hydrogens is 450 g/mol. The van der Waals surface area contributed by atoms with E-state index in [1.165, 1.54) is 10.4 Å². The zero-order chi connectivity index (χ0) is 22.6. The van der Waals surface area contributed by atoms with Gasteiger partial charge in [0.1, 0.15) is 4.21 Å². The quantitative estimate of drug-likeness (QED) is 0.671. The number of likely N-dealkylation sites (tertiary alicyclic amines) is 1. The first-order valence-corrected chi connectivity index (χ1v) is 14.0. The van der Waals surface area contributed by atoms with E-state index in [-0.39, 0.29) is 28.0 Å². The van der Waals surface area contributed by atoms with Gasteiger partial charge in [0.2, 0.25) is 5.91 Å². The Labute approximate surface area is 194 Å². The highest BCUT2D eigenvalue weighted by molar-refractivity contribution is 7.91. The second kappa shape index (κ2) is 10.6. The van der Waals surface area contributed by atoms with Crippen LogP contribution in [-0.4, -0.2) is 74.9 Å². The smallest absolute Gasteiger partial charge is 0.254 e. The SMILES string of the molecule is O=C(NCC1CCCO1)C1CCN(S(=O)(=O)c2cc(C(=O)N3CCCCCC3)cs2)CC1. The van der Waals surface area contributed by atoms with Gasteiger partial charge in [-0.1, -0.05) is 12.8 Å². The number of rotatable bonds is 6. The van der Waals surface area contributed by atoms with Crippen LogP contribution in [0.15, 0.2) is 15.7 Å². The second-order valence-electron chi connectivity index (χ2n) is 8.92. The minimum absolute atomic E-state index is 0.0148. The fraction of sp³-hybridized carbons (Fsp3) is 0.727. The molecule has 32 heavy (non-hydrogen) atoms.